The van der Waals surface area contributed by atoms with Crippen molar-refractivity contribution in [2.75, 3.05) is 11.1 Å². The van der Waals surface area contributed by atoms with Crippen molar-refractivity contribution >= 4 is 46.6 Å². The van der Waals surface area contributed by atoms with E-state index in [1.54, 1.807) is 30.3 Å². The second kappa shape index (κ2) is 8.35. The summed E-state index contributed by atoms with van der Waals surface area (Å²) in [5.41, 5.74) is 1.03. The van der Waals surface area contributed by atoms with E-state index in [2.05, 4.69) is 20.5 Å². The molecular weight excluding hydrogens is 395 g/mol. The highest BCUT2D eigenvalue weighted by molar-refractivity contribution is 7.99. The molecule has 0 fully saturated rings. The number of nitrogens with zero attached hydrogens (tertiary/aromatic N) is 2. The Morgan fingerprint density at radius 3 is 2.42 bits per heavy atom. The summed E-state index contributed by atoms with van der Waals surface area (Å²) in [6, 6.07) is 13.8. The summed E-state index contributed by atoms with van der Waals surface area (Å²) in [6.07, 6.45) is 0. The zero-order valence-electron chi connectivity index (χ0n) is 13.2. The molecule has 1 heterocycles. The number of anilines is 1. The van der Waals surface area contributed by atoms with Gasteiger partial charge >= 0.3 is 0 Å². The van der Waals surface area contributed by atoms with Gasteiger partial charge in [0.05, 0.1) is 5.75 Å². The summed E-state index contributed by atoms with van der Waals surface area (Å²) in [5.74, 6) is -0.248. The van der Waals surface area contributed by atoms with Gasteiger partial charge in [-0.15, -0.1) is 10.2 Å². The summed E-state index contributed by atoms with van der Waals surface area (Å²) in [6.45, 7) is 0. The molecule has 26 heavy (non-hydrogen) atoms. The minimum absolute atomic E-state index is 0.0411. The molecule has 0 spiro atoms. The smallest absolute Gasteiger partial charge is 0.278 e. The third-order valence-corrected chi connectivity index (χ3v) is 4.51. The normalized spacial score (nSPS) is 10.5. The van der Waals surface area contributed by atoms with E-state index in [0.717, 1.165) is 11.8 Å². The van der Waals surface area contributed by atoms with Crippen LogP contribution in [-0.2, 0) is 4.79 Å². The van der Waals surface area contributed by atoms with E-state index in [1.807, 2.05) is 18.2 Å². The number of hydrogen-bond donors (Lipinski definition) is 2. The Hall–Kier alpha value is -2.35. The van der Waals surface area contributed by atoms with Crippen molar-refractivity contribution in [2.45, 2.75) is 5.16 Å². The van der Waals surface area contributed by atoms with Gasteiger partial charge in [-0.3, -0.25) is 14.6 Å². The average Bonchev–Trinajstić information content (AvgIpc) is 2.60. The SMILES string of the molecule is O=C(CSc1nnc(-c2ccccc2)c(=O)[nH]1)Nc1cc(Cl)cc(Cl)c1. The molecular formula is C17H12Cl2N4O2S. The molecule has 0 saturated heterocycles. The van der Waals surface area contributed by atoms with Crippen LogP contribution in [-0.4, -0.2) is 26.8 Å². The summed E-state index contributed by atoms with van der Waals surface area (Å²) in [7, 11) is 0. The molecule has 6 nitrogen and oxygen atoms in total. The first-order valence-electron chi connectivity index (χ1n) is 7.42. The lowest BCUT2D eigenvalue weighted by Gasteiger charge is -2.06. The van der Waals surface area contributed by atoms with Gasteiger partial charge in [-0.25, -0.2) is 0 Å². The number of benzene rings is 2. The fraction of sp³-hybridized carbons (Fsp3) is 0.0588. The Labute approximate surface area is 163 Å². The lowest BCUT2D eigenvalue weighted by Crippen LogP contribution is -2.17. The predicted molar refractivity (Wildman–Crippen MR) is 104 cm³/mol. The molecule has 0 bridgehead atoms. The van der Waals surface area contributed by atoms with Gasteiger partial charge in [-0.05, 0) is 18.2 Å². The maximum Gasteiger partial charge on any atom is 0.278 e. The third kappa shape index (κ3) is 4.85. The Bertz CT molecular complexity index is 975. The molecule has 3 rings (SSSR count). The maximum absolute atomic E-state index is 12.1. The van der Waals surface area contributed by atoms with Crippen LogP contribution < -0.4 is 10.9 Å². The van der Waals surface area contributed by atoms with Gasteiger partial charge in [0.1, 0.15) is 0 Å². The molecule has 0 aliphatic rings. The van der Waals surface area contributed by atoms with Gasteiger partial charge in [0.2, 0.25) is 5.91 Å². The number of H-pyrrole nitrogens is 1. The first-order chi connectivity index (χ1) is 12.5. The number of aromatic nitrogens is 3. The zero-order chi connectivity index (χ0) is 18.5. The van der Waals surface area contributed by atoms with E-state index in [-0.39, 0.29) is 28.1 Å². The fourth-order valence-electron chi connectivity index (χ4n) is 2.13. The highest BCUT2D eigenvalue weighted by Gasteiger charge is 2.10. The summed E-state index contributed by atoms with van der Waals surface area (Å²) in [5, 5.41) is 11.7. The molecule has 1 aromatic heterocycles. The number of aromatic amines is 1. The quantitative estimate of drug-likeness (QED) is 0.627. The van der Waals surface area contributed by atoms with Crippen molar-refractivity contribution in [3.05, 3.63) is 68.9 Å². The molecule has 0 aliphatic heterocycles. The second-order valence-electron chi connectivity index (χ2n) is 5.17. The van der Waals surface area contributed by atoms with E-state index >= 15 is 0 Å². The molecule has 2 N–H and O–H groups in total. The molecule has 0 radical (unpaired) electrons. The Kier molecular flexibility index (Phi) is 5.92. The predicted octanol–water partition coefficient (Wildman–Crippen LogP) is 3.87. The molecule has 2 aromatic carbocycles. The number of amides is 1. The van der Waals surface area contributed by atoms with Gasteiger partial charge in [0.25, 0.3) is 5.56 Å². The molecule has 0 saturated carbocycles. The molecule has 3 aromatic rings. The van der Waals surface area contributed by atoms with Crippen molar-refractivity contribution in [3.63, 3.8) is 0 Å². The molecule has 0 aliphatic carbocycles. The number of carbonyl (C=O) groups excluding carboxylic acids is 1. The van der Waals surface area contributed by atoms with Gasteiger partial charge < -0.3 is 5.32 Å². The van der Waals surface area contributed by atoms with Gasteiger partial charge in [-0.1, -0.05) is 65.3 Å². The van der Waals surface area contributed by atoms with E-state index in [4.69, 9.17) is 23.2 Å². The minimum Gasteiger partial charge on any atom is -0.325 e. The molecule has 1 amide bonds. The Morgan fingerprint density at radius 2 is 1.77 bits per heavy atom. The zero-order valence-corrected chi connectivity index (χ0v) is 15.5. The van der Waals surface area contributed by atoms with Gasteiger partial charge in [-0.2, -0.15) is 0 Å². The molecule has 0 atom stereocenters. The van der Waals surface area contributed by atoms with E-state index in [9.17, 15) is 9.59 Å². The van der Waals surface area contributed by atoms with Crippen molar-refractivity contribution in [1.29, 1.82) is 0 Å². The van der Waals surface area contributed by atoms with Crippen LogP contribution in [0.2, 0.25) is 10.0 Å². The number of thioether (sulfide) groups is 1. The maximum atomic E-state index is 12.1. The lowest BCUT2D eigenvalue weighted by molar-refractivity contribution is -0.113. The van der Waals surface area contributed by atoms with Crippen molar-refractivity contribution in [3.8, 4) is 11.3 Å². The summed E-state index contributed by atoms with van der Waals surface area (Å²) in [4.78, 5) is 26.8. The van der Waals surface area contributed by atoms with Crippen LogP contribution in [0.3, 0.4) is 0 Å². The van der Waals surface area contributed by atoms with Gasteiger partial charge in [0, 0.05) is 21.3 Å². The number of rotatable bonds is 5. The number of nitrogens with one attached hydrogen (secondary N) is 2. The highest BCUT2D eigenvalue weighted by Crippen LogP contribution is 2.23. The van der Waals surface area contributed by atoms with Crippen molar-refractivity contribution < 1.29 is 4.79 Å². The number of hydrogen-bond acceptors (Lipinski definition) is 5. The van der Waals surface area contributed by atoms with E-state index in [1.165, 1.54) is 0 Å². The Balaban J connectivity index is 1.63. The first-order valence-corrected chi connectivity index (χ1v) is 9.16. The van der Waals surface area contributed by atoms with E-state index in [0.29, 0.717) is 21.3 Å². The number of carbonyl (C=O) groups is 1. The monoisotopic (exact) mass is 406 g/mol. The summed E-state index contributed by atoms with van der Waals surface area (Å²) < 4.78 is 0. The van der Waals surface area contributed by atoms with Crippen LogP contribution in [0.5, 0.6) is 0 Å². The van der Waals surface area contributed by atoms with Crippen LogP contribution in [0, 0.1) is 0 Å². The average molecular weight is 407 g/mol. The number of halogens is 2. The standard InChI is InChI=1S/C17H12Cl2N4O2S/c18-11-6-12(19)8-13(7-11)20-14(24)9-26-17-21-16(25)15(22-23-17)10-4-2-1-3-5-10/h1-8H,9H2,(H,20,24)(H,21,23,25). The Morgan fingerprint density at radius 1 is 1.08 bits per heavy atom. The third-order valence-electron chi connectivity index (χ3n) is 3.21. The van der Waals surface area contributed by atoms with Crippen LogP contribution in [0.15, 0.2) is 58.5 Å². The molecule has 9 heteroatoms. The summed E-state index contributed by atoms with van der Waals surface area (Å²) >= 11 is 12.8. The van der Waals surface area contributed by atoms with E-state index < -0.39 is 0 Å². The van der Waals surface area contributed by atoms with Crippen molar-refractivity contribution in [2.24, 2.45) is 0 Å². The van der Waals surface area contributed by atoms with Crippen molar-refractivity contribution in [1.82, 2.24) is 15.2 Å². The molecule has 132 valence electrons. The topological polar surface area (TPSA) is 87.7 Å². The molecule has 0 unspecified atom stereocenters. The highest BCUT2D eigenvalue weighted by atomic mass is 35.5. The van der Waals surface area contributed by atoms with Gasteiger partial charge in [0.15, 0.2) is 10.9 Å². The largest absolute Gasteiger partial charge is 0.325 e. The van der Waals surface area contributed by atoms with Crippen LogP contribution in [0.25, 0.3) is 11.3 Å². The lowest BCUT2D eigenvalue weighted by atomic mass is 10.2. The second-order valence-corrected chi connectivity index (χ2v) is 7.01. The van der Waals surface area contributed by atoms with Crippen LogP contribution in [0.4, 0.5) is 5.69 Å². The minimum atomic E-state index is -0.365. The van der Waals surface area contributed by atoms with Crippen LogP contribution >= 0.6 is 35.0 Å². The first kappa shape index (κ1) is 18.4. The fourth-order valence-corrected chi connectivity index (χ4v) is 3.26. The van der Waals surface area contributed by atoms with Crippen LogP contribution in [0.1, 0.15) is 0 Å².